The van der Waals surface area contributed by atoms with E-state index in [-0.39, 0.29) is 18.0 Å². The predicted octanol–water partition coefficient (Wildman–Crippen LogP) is 1.20. The van der Waals surface area contributed by atoms with Crippen LogP contribution in [0, 0.1) is 0 Å². The SMILES string of the molecule is CCCCONC(=O)[C@H]1[C@@H](O)[C@@H]2OC(C)(C)O[C@H]2CN1S(=O)(=O)c1ccc(OCCOCC)cc1. The number of fused-ring (bicyclic) bond motifs is 1. The van der Waals surface area contributed by atoms with Crippen LogP contribution in [-0.2, 0) is 33.9 Å². The summed E-state index contributed by atoms with van der Waals surface area (Å²) in [5.74, 6) is -1.33. The monoisotopic (exact) mass is 516 g/mol. The minimum Gasteiger partial charge on any atom is -0.491 e. The van der Waals surface area contributed by atoms with Crippen molar-refractivity contribution in [3.63, 3.8) is 0 Å². The topological polar surface area (TPSA) is 133 Å². The number of nitrogens with zero attached hydrogens (tertiary/aromatic N) is 1. The molecule has 4 atom stereocenters. The van der Waals surface area contributed by atoms with E-state index in [1.165, 1.54) is 24.3 Å². The van der Waals surface area contributed by atoms with E-state index in [1.807, 2.05) is 13.8 Å². The number of rotatable bonds is 12. The van der Waals surface area contributed by atoms with Crippen molar-refractivity contribution in [2.45, 2.75) is 75.6 Å². The molecule has 2 heterocycles. The molecule has 35 heavy (non-hydrogen) atoms. The third-order valence-corrected chi connectivity index (χ3v) is 7.59. The normalized spacial score (nSPS) is 26.3. The third-order valence-electron chi connectivity index (χ3n) is 5.72. The van der Waals surface area contributed by atoms with Crippen LogP contribution in [0.4, 0.5) is 0 Å². The van der Waals surface area contributed by atoms with E-state index in [9.17, 15) is 18.3 Å². The molecule has 1 aromatic rings. The van der Waals surface area contributed by atoms with Crippen molar-refractivity contribution in [2.75, 3.05) is 33.0 Å². The van der Waals surface area contributed by atoms with Crippen molar-refractivity contribution in [3.8, 4) is 5.75 Å². The number of ether oxygens (including phenoxy) is 4. The Hall–Kier alpha value is -1.80. The van der Waals surface area contributed by atoms with Crippen LogP contribution in [0.2, 0.25) is 0 Å². The van der Waals surface area contributed by atoms with Gasteiger partial charge in [-0.05, 0) is 51.5 Å². The van der Waals surface area contributed by atoms with Crippen LogP contribution in [0.3, 0.4) is 0 Å². The summed E-state index contributed by atoms with van der Waals surface area (Å²) in [4.78, 5) is 18.1. The van der Waals surface area contributed by atoms with E-state index in [1.54, 1.807) is 13.8 Å². The van der Waals surface area contributed by atoms with Crippen LogP contribution in [0.25, 0.3) is 0 Å². The average Bonchev–Trinajstić information content (AvgIpc) is 3.14. The largest absolute Gasteiger partial charge is 0.491 e. The quantitative estimate of drug-likeness (QED) is 0.311. The molecule has 1 aromatic carbocycles. The standard InChI is InChI=1S/C23H36N2O9S/c1-5-7-12-32-24-22(27)19-20(26)21-18(33-23(3,4)34-21)15-25(19)35(28,29)17-10-8-16(9-11-17)31-14-13-30-6-2/h8-11,18-21,26H,5-7,12-15H2,1-4H3,(H,24,27)/t18-,19+,20+,21+/m0/s1. The summed E-state index contributed by atoms with van der Waals surface area (Å²) in [6, 6.07) is 4.38. The van der Waals surface area contributed by atoms with Crippen LogP contribution < -0.4 is 10.2 Å². The summed E-state index contributed by atoms with van der Waals surface area (Å²) in [7, 11) is -4.21. The van der Waals surface area contributed by atoms with Crippen molar-refractivity contribution in [1.82, 2.24) is 9.79 Å². The van der Waals surface area contributed by atoms with Gasteiger partial charge in [-0.2, -0.15) is 4.31 Å². The third kappa shape index (κ3) is 6.70. The minimum atomic E-state index is -4.21. The Morgan fingerprint density at radius 1 is 1.17 bits per heavy atom. The molecule has 0 bridgehead atoms. The van der Waals surface area contributed by atoms with E-state index >= 15 is 0 Å². The number of nitrogens with one attached hydrogen (secondary N) is 1. The molecule has 198 valence electrons. The molecule has 2 saturated heterocycles. The fourth-order valence-corrected chi connectivity index (χ4v) is 5.69. The second kappa shape index (κ2) is 12.0. The number of unbranched alkanes of at least 4 members (excludes halogenated alkanes) is 1. The van der Waals surface area contributed by atoms with E-state index in [0.717, 1.165) is 10.7 Å². The van der Waals surface area contributed by atoms with Gasteiger partial charge in [-0.25, -0.2) is 13.9 Å². The number of piperidine rings is 1. The van der Waals surface area contributed by atoms with Gasteiger partial charge in [0.1, 0.15) is 36.7 Å². The molecule has 0 aliphatic carbocycles. The molecular weight excluding hydrogens is 480 g/mol. The number of sulfonamides is 1. The molecule has 0 saturated carbocycles. The first-order chi connectivity index (χ1) is 16.6. The second-order valence-corrected chi connectivity index (χ2v) is 10.7. The summed E-state index contributed by atoms with van der Waals surface area (Å²) in [6.45, 7) is 8.61. The van der Waals surface area contributed by atoms with Crippen LogP contribution in [-0.4, -0.2) is 86.8 Å². The van der Waals surface area contributed by atoms with Gasteiger partial charge in [0.2, 0.25) is 10.0 Å². The van der Waals surface area contributed by atoms with Crippen molar-refractivity contribution >= 4 is 15.9 Å². The second-order valence-electron chi connectivity index (χ2n) is 8.83. The molecule has 12 heteroatoms. The van der Waals surface area contributed by atoms with Crippen LogP contribution >= 0.6 is 0 Å². The first kappa shape index (κ1) is 27.8. The number of amides is 1. The Balaban J connectivity index is 1.82. The summed E-state index contributed by atoms with van der Waals surface area (Å²) in [5.41, 5.74) is 2.28. The average molecular weight is 517 g/mol. The van der Waals surface area contributed by atoms with E-state index in [0.29, 0.717) is 32.0 Å². The number of hydrogen-bond acceptors (Lipinski definition) is 9. The summed E-state index contributed by atoms with van der Waals surface area (Å²) in [6.07, 6.45) is -1.52. The number of hydroxylamine groups is 1. The molecule has 2 aliphatic rings. The van der Waals surface area contributed by atoms with Crippen molar-refractivity contribution in [2.24, 2.45) is 0 Å². The first-order valence-electron chi connectivity index (χ1n) is 11.9. The lowest BCUT2D eigenvalue weighted by Gasteiger charge is -2.41. The molecule has 2 fully saturated rings. The van der Waals surface area contributed by atoms with Crippen molar-refractivity contribution in [3.05, 3.63) is 24.3 Å². The molecule has 0 aromatic heterocycles. The molecule has 0 unspecified atom stereocenters. The zero-order chi connectivity index (χ0) is 25.6. The Morgan fingerprint density at radius 2 is 1.89 bits per heavy atom. The van der Waals surface area contributed by atoms with Crippen LogP contribution in [0.5, 0.6) is 5.75 Å². The minimum absolute atomic E-state index is 0.0526. The van der Waals surface area contributed by atoms with Gasteiger partial charge in [0.05, 0.1) is 18.1 Å². The van der Waals surface area contributed by atoms with Crippen molar-refractivity contribution in [1.29, 1.82) is 0 Å². The fraction of sp³-hybridized carbons (Fsp3) is 0.696. The zero-order valence-electron chi connectivity index (χ0n) is 20.6. The van der Waals surface area contributed by atoms with Gasteiger partial charge in [-0.3, -0.25) is 9.63 Å². The molecule has 0 spiro atoms. The molecule has 3 rings (SSSR count). The van der Waals surface area contributed by atoms with E-state index in [4.69, 9.17) is 23.8 Å². The number of benzene rings is 1. The Bertz CT molecular complexity index is 939. The maximum atomic E-state index is 13.6. The zero-order valence-corrected chi connectivity index (χ0v) is 21.5. The van der Waals surface area contributed by atoms with Gasteiger partial charge in [0, 0.05) is 13.2 Å². The highest BCUT2D eigenvalue weighted by molar-refractivity contribution is 7.89. The lowest BCUT2D eigenvalue weighted by molar-refractivity contribution is -0.160. The highest BCUT2D eigenvalue weighted by Crippen LogP contribution is 2.37. The summed E-state index contributed by atoms with van der Waals surface area (Å²) >= 11 is 0. The predicted molar refractivity (Wildman–Crippen MR) is 125 cm³/mol. The van der Waals surface area contributed by atoms with Crippen LogP contribution in [0.15, 0.2) is 29.2 Å². The molecule has 2 aliphatic heterocycles. The van der Waals surface area contributed by atoms with Gasteiger partial charge in [-0.15, -0.1) is 0 Å². The van der Waals surface area contributed by atoms with E-state index in [2.05, 4.69) is 5.48 Å². The Morgan fingerprint density at radius 3 is 2.54 bits per heavy atom. The highest BCUT2D eigenvalue weighted by Gasteiger charge is 2.57. The molecule has 0 radical (unpaired) electrons. The molecule has 1 amide bonds. The fourth-order valence-electron chi connectivity index (χ4n) is 4.07. The Kier molecular flexibility index (Phi) is 9.49. The van der Waals surface area contributed by atoms with Gasteiger partial charge >= 0.3 is 0 Å². The van der Waals surface area contributed by atoms with Gasteiger partial charge < -0.3 is 24.1 Å². The van der Waals surface area contributed by atoms with Crippen LogP contribution in [0.1, 0.15) is 40.5 Å². The lowest BCUT2D eigenvalue weighted by Crippen LogP contribution is -2.66. The molecular formula is C23H36N2O9S. The van der Waals surface area contributed by atoms with Gasteiger partial charge in [0.15, 0.2) is 5.79 Å². The highest BCUT2D eigenvalue weighted by atomic mass is 32.2. The van der Waals surface area contributed by atoms with E-state index < -0.39 is 46.1 Å². The maximum absolute atomic E-state index is 13.6. The van der Waals surface area contributed by atoms with Gasteiger partial charge in [0.25, 0.3) is 5.91 Å². The molecule has 2 N–H and O–H groups in total. The number of aliphatic hydroxyl groups excluding tert-OH is 1. The van der Waals surface area contributed by atoms with Crippen molar-refractivity contribution < 1.29 is 42.1 Å². The smallest absolute Gasteiger partial charge is 0.264 e. The lowest BCUT2D eigenvalue weighted by atomic mass is 9.95. The number of hydrogen-bond donors (Lipinski definition) is 2. The number of carbonyl (C=O) groups excluding carboxylic acids is 1. The summed E-state index contributed by atoms with van der Waals surface area (Å²) < 4.78 is 50.6. The molecule has 11 nitrogen and oxygen atoms in total. The number of aliphatic hydroxyl groups is 1. The summed E-state index contributed by atoms with van der Waals surface area (Å²) in [5, 5.41) is 11.1. The Labute approximate surface area is 206 Å². The first-order valence-corrected chi connectivity index (χ1v) is 13.3. The maximum Gasteiger partial charge on any atom is 0.264 e. The van der Waals surface area contributed by atoms with Gasteiger partial charge in [-0.1, -0.05) is 13.3 Å². The number of carbonyl (C=O) groups is 1.